The maximum absolute atomic E-state index is 12.5. The predicted molar refractivity (Wildman–Crippen MR) is 131 cm³/mol. The van der Waals surface area contributed by atoms with E-state index in [2.05, 4.69) is 17.5 Å². The van der Waals surface area contributed by atoms with Crippen molar-refractivity contribution in [1.82, 2.24) is 15.2 Å². The molecular formula is C27H26N4O2. The minimum Gasteiger partial charge on any atom is -0.494 e. The Morgan fingerprint density at radius 1 is 1.03 bits per heavy atom. The van der Waals surface area contributed by atoms with Gasteiger partial charge in [0.25, 0.3) is 5.91 Å². The molecule has 6 nitrogen and oxygen atoms in total. The second-order valence-electron chi connectivity index (χ2n) is 7.60. The average molecular weight is 439 g/mol. The number of aryl methyl sites for hydroxylation is 1. The summed E-state index contributed by atoms with van der Waals surface area (Å²) >= 11 is 0. The van der Waals surface area contributed by atoms with E-state index in [1.165, 1.54) is 0 Å². The van der Waals surface area contributed by atoms with Crippen molar-refractivity contribution >= 4 is 12.1 Å². The molecule has 0 atom stereocenters. The normalized spacial score (nSPS) is 11.0. The number of aromatic nitrogens is 2. The van der Waals surface area contributed by atoms with Crippen molar-refractivity contribution in [2.75, 3.05) is 6.61 Å². The van der Waals surface area contributed by atoms with Crippen LogP contribution in [-0.4, -0.2) is 28.5 Å². The highest BCUT2D eigenvalue weighted by atomic mass is 16.5. The van der Waals surface area contributed by atoms with E-state index >= 15 is 0 Å². The van der Waals surface area contributed by atoms with Crippen molar-refractivity contribution in [3.05, 3.63) is 102 Å². The summed E-state index contributed by atoms with van der Waals surface area (Å²) < 4.78 is 7.50. The monoisotopic (exact) mass is 438 g/mol. The summed E-state index contributed by atoms with van der Waals surface area (Å²) in [6, 6.07) is 25.1. The topological polar surface area (TPSA) is 68.5 Å². The van der Waals surface area contributed by atoms with Crippen LogP contribution < -0.4 is 10.2 Å². The quantitative estimate of drug-likeness (QED) is 0.296. The van der Waals surface area contributed by atoms with Gasteiger partial charge in [0.05, 0.1) is 18.5 Å². The number of rotatable bonds is 8. The molecule has 1 amide bonds. The van der Waals surface area contributed by atoms with Crippen LogP contribution >= 0.6 is 0 Å². The molecule has 1 heterocycles. The van der Waals surface area contributed by atoms with Gasteiger partial charge in [-0.05, 0) is 61.4 Å². The number of nitrogens with zero attached hydrogens (tertiary/aromatic N) is 3. The van der Waals surface area contributed by atoms with Crippen molar-refractivity contribution in [3.8, 4) is 22.7 Å². The Bertz CT molecular complexity index is 1240. The van der Waals surface area contributed by atoms with Crippen LogP contribution in [0.15, 0.2) is 90.2 Å². The van der Waals surface area contributed by atoms with Gasteiger partial charge in [-0.15, -0.1) is 0 Å². The number of hydrogen-bond donors (Lipinski definition) is 1. The zero-order valence-electron chi connectivity index (χ0n) is 18.7. The van der Waals surface area contributed by atoms with E-state index in [1.54, 1.807) is 17.0 Å². The molecule has 33 heavy (non-hydrogen) atoms. The van der Waals surface area contributed by atoms with E-state index in [1.807, 2.05) is 85.9 Å². The first-order chi connectivity index (χ1) is 16.2. The maximum atomic E-state index is 12.5. The number of para-hydroxylation sites is 1. The van der Waals surface area contributed by atoms with Gasteiger partial charge >= 0.3 is 0 Å². The molecule has 0 bridgehead atoms. The molecule has 166 valence electrons. The van der Waals surface area contributed by atoms with E-state index in [-0.39, 0.29) is 5.91 Å². The number of hydrogen-bond acceptors (Lipinski definition) is 4. The fraction of sp³-hybridized carbons (Fsp3) is 0.148. The fourth-order valence-corrected chi connectivity index (χ4v) is 3.40. The number of carbonyl (C=O) groups is 1. The van der Waals surface area contributed by atoms with Crippen LogP contribution in [-0.2, 0) is 0 Å². The molecular weight excluding hydrogens is 412 g/mol. The second-order valence-corrected chi connectivity index (χ2v) is 7.60. The number of ether oxygens (including phenoxy) is 1. The molecule has 0 unspecified atom stereocenters. The standard InChI is InChI=1S/C27H26N4O2/c1-3-17-33-24-15-13-21(14-16-24)26-22(19-31(30-26)23-10-5-4-6-11-23)18-28-29-27(32)25-12-8-7-9-20(25)2/h4-16,18-19H,3,17H2,1-2H3,(H,29,32)/b28-18+. The number of hydrazone groups is 1. The first kappa shape index (κ1) is 22.0. The molecule has 0 radical (unpaired) electrons. The van der Waals surface area contributed by atoms with Gasteiger partial charge in [-0.2, -0.15) is 10.2 Å². The third kappa shape index (κ3) is 5.36. The SMILES string of the molecule is CCCOc1ccc(-c2nn(-c3ccccc3)cc2/C=N/NC(=O)c2ccccc2C)cc1. The van der Waals surface area contributed by atoms with E-state index in [0.29, 0.717) is 12.2 Å². The summed E-state index contributed by atoms with van der Waals surface area (Å²) in [5, 5.41) is 8.99. The molecule has 0 aliphatic heterocycles. The van der Waals surface area contributed by atoms with Gasteiger partial charge in [-0.25, -0.2) is 10.1 Å². The van der Waals surface area contributed by atoms with Gasteiger partial charge in [-0.1, -0.05) is 43.3 Å². The second kappa shape index (κ2) is 10.4. The van der Waals surface area contributed by atoms with Gasteiger partial charge in [0.15, 0.2) is 0 Å². The Morgan fingerprint density at radius 2 is 1.76 bits per heavy atom. The molecule has 0 aliphatic rings. The summed E-state index contributed by atoms with van der Waals surface area (Å²) in [4.78, 5) is 12.5. The van der Waals surface area contributed by atoms with Crippen LogP contribution in [0, 0.1) is 6.92 Å². The average Bonchev–Trinajstić information content (AvgIpc) is 3.28. The van der Waals surface area contributed by atoms with E-state index < -0.39 is 0 Å². The number of carbonyl (C=O) groups excluding carboxylic acids is 1. The minimum absolute atomic E-state index is 0.251. The van der Waals surface area contributed by atoms with E-state index in [0.717, 1.165) is 40.2 Å². The Morgan fingerprint density at radius 3 is 2.48 bits per heavy atom. The molecule has 0 saturated heterocycles. The molecule has 0 fully saturated rings. The lowest BCUT2D eigenvalue weighted by Gasteiger charge is -2.05. The lowest BCUT2D eigenvalue weighted by molar-refractivity contribution is 0.0954. The third-order valence-electron chi connectivity index (χ3n) is 5.12. The van der Waals surface area contributed by atoms with Crippen LogP contribution in [0.4, 0.5) is 0 Å². The first-order valence-corrected chi connectivity index (χ1v) is 10.9. The first-order valence-electron chi connectivity index (χ1n) is 10.9. The molecule has 4 rings (SSSR count). The van der Waals surface area contributed by atoms with E-state index in [9.17, 15) is 4.79 Å². The molecule has 0 spiro atoms. The number of nitrogens with one attached hydrogen (secondary N) is 1. The Balaban J connectivity index is 1.62. The van der Waals surface area contributed by atoms with Gasteiger partial charge in [0, 0.05) is 22.9 Å². The molecule has 3 aromatic carbocycles. The van der Waals surface area contributed by atoms with Crippen LogP contribution in [0.5, 0.6) is 5.75 Å². The third-order valence-corrected chi connectivity index (χ3v) is 5.12. The predicted octanol–water partition coefficient (Wildman–Crippen LogP) is 5.40. The number of benzene rings is 3. The maximum Gasteiger partial charge on any atom is 0.271 e. The highest BCUT2D eigenvalue weighted by Crippen LogP contribution is 2.25. The van der Waals surface area contributed by atoms with Crippen molar-refractivity contribution in [3.63, 3.8) is 0 Å². The lowest BCUT2D eigenvalue weighted by Crippen LogP contribution is -2.18. The minimum atomic E-state index is -0.251. The molecule has 1 N–H and O–H groups in total. The van der Waals surface area contributed by atoms with Gasteiger partial charge in [0.2, 0.25) is 0 Å². The molecule has 0 saturated carbocycles. The Labute approximate surface area is 193 Å². The smallest absolute Gasteiger partial charge is 0.271 e. The zero-order valence-corrected chi connectivity index (χ0v) is 18.7. The molecule has 4 aromatic rings. The summed E-state index contributed by atoms with van der Waals surface area (Å²) in [5.74, 6) is 0.572. The fourth-order valence-electron chi connectivity index (χ4n) is 3.40. The highest BCUT2D eigenvalue weighted by Gasteiger charge is 2.12. The Hall–Kier alpha value is -4.19. The van der Waals surface area contributed by atoms with E-state index in [4.69, 9.17) is 9.84 Å². The van der Waals surface area contributed by atoms with Gasteiger partial charge < -0.3 is 4.74 Å². The van der Waals surface area contributed by atoms with Crippen molar-refractivity contribution in [1.29, 1.82) is 0 Å². The summed E-state index contributed by atoms with van der Waals surface area (Å²) in [6.45, 7) is 4.66. The van der Waals surface area contributed by atoms with Crippen molar-refractivity contribution < 1.29 is 9.53 Å². The number of amides is 1. The summed E-state index contributed by atoms with van der Waals surface area (Å²) in [5.41, 5.74) is 7.52. The summed E-state index contributed by atoms with van der Waals surface area (Å²) in [7, 11) is 0. The van der Waals surface area contributed by atoms with Crippen LogP contribution in [0.25, 0.3) is 16.9 Å². The summed E-state index contributed by atoms with van der Waals surface area (Å²) in [6.07, 6.45) is 4.48. The van der Waals surface area contributed by atoms with Crippen molar-refractivity contribution in [2.24, 2.45) is 5.10 Å². The van der Waals surface area contributed by atoms with Crippen LogP contribution in [0.2, 0.25) is 0 Å². The molecule has 1 aromatic heterocycles. The van der Waals surface area contributed by atoms with Crippen LogP contribution in [0.3, 0.4) is 0 Å². The van der Waals surface area contributed by atoms with Crippen LogP contribution in [0.1, 0.15) is 34.8 Å². The molecule has 6 heteroatoms. The van der Waals surface area contributed by atoms with Gasteiger partial charge in [0.1, 0.15) is 11.4 Å². The van der Waals surface area contributed by atoms with Crippen molar-refractivity contribution in [2.45, 2.75) is 20.3 Å². The Kier molecular flexibility index (Phi) is 6.95. The zero-order chi connectivity index (χ0) is 23.0. The largest absolute Gasteiger partial charge is 0.494 e. The van der Waals surface area contributed by atoms with Gasteiger partial charge in [-0.3, -0.25) is 4.79 Å². The highest BCUT2D eigenvalue weighted by molar-refractivity contribution is 5.96. The lowest BCUT2D eigenvalue weighted by atomic mass is 10.1. The molecule has 0 aliphatic carbocycles.